The number of piperidine rings is 1. The molecule has 2 saturated heterocycles. The molecule has 2 heterocycles. The van der Waals surface area contributed by atoms with Gasteiger partial charge in [0.2, 0.25) is 0 Å². The Morgan fingerprint density at radius 1 is 1.00 bits per heavy atom. The molecule has 0 aliphatic carbocycles. The molecule has 4 nitrogen and oxygen atoms in total. The Morgan fingerprint density at radius 3 is 2.38 bits per heavy atom. The van der Waals surface area contributed by atoms with Crippen molar-refractivity contribution in [2.24, 2.45) is 0 Å². The number of carbonyl (C=O) groups excluding carboxylic acids is 1. The highest BCUT2D eigenvalue weighted by molar-refractivity contribution is 6.09. The number of rotatable bonds is 4. The average molecular weight is 351 g/mol. The highest BCUT2D eigenvalue weighted by atomic mass is 16.7. The Balaban J connectivity index is 1.41. The van der Waals surface area contributed by atoms with Crippen molar-refractivity contribution in [1.29, 1.82) is 0 Å². The maximum Gasteiger partial charge on any atom is 0.193 e. The first kappa shape index (κ1) is 17.4. The molecule has 4 heteroatoms. The topological polar surface area (TPSA) is 38.8 Å². The van der Waals surface area contributed by atoms with Gasteiger partial charge in [-0.25, -0.2) is 0 Å². The Hall–Kier alpha value is -2.01. The van der Waals surface area contributed by atoms with Gasteiger partial charge in [-0.15, -0.1) is 0 Å². The second kappa shape index (κ2) is 7.31. The molecule has 0 radical (unpaired) electrons. The lowest BCUT2D eigenvalue weighted by Gasteiger charge is -2.37. The highest BCUT2D eigenvalue weighted by Crippen LogP contribution is 2.31. The fraction of sp³-hybridized carbons (Fsp3) is 0.409. The number of nitrogens with zero attached hydrogens (tertiary/aromatic N) is 1. The molecule has 0 unspecified atom stereocenters. The molecular weight excluding hydrogens is 326 g/mol. The fourth-order valence-corrected chi connectivity index (χ4v) is 3.78. The summed E-state index contributed by atoms with van der Waals surface area (Å²) in [4.78, 5) is 15.1. The zero-order valence-electron chi connectivity index (χ0n) is 15.2. The number of ketones is 1. The van der Waals surface area contributed by atoms with Gasteiger partial charge in [0.05, 0.1) is 13.2 Å². The first-order valence-electron chi connectivity index (χ1n) is 9.34. The van der Waals surface area contributed by atoms with E-state index in [0.29, 0.717) is 13.2 Å². The summed E-state index contributed by atoms with van der Waals surface area (Å²) in [7, 11) is 0. The minimum Gasteiger partial charge on any atom is -0.347 e. The van der Waals surface area contributed by atoms with Gasteiger partial charge in [0.15, 0.2) is 11.6 Å². The molecule has 2 aromatic carbocycles. The van der Waals surface area contributed by atoms with Crippen LogP contribution in [-0.2, 0) is 16.0 Å². The van der Waals surface area contributed by atoms with Crippen molar-refractivity contribution < 1.29 is 14.3 Å². The van der Waals surface area contributed by atoms with Crippen molar-refractivity contribution in [2.75, 3.05) is 26.3 Å². The lowest BCUT2D eigenvalue weighted by Crippen LogP contribution is -2.44. The molecule has 136 valence electrons. The highest BCUT2D eigenvalue weighted by Gasteiger charge is 2.39. The van der Waals surface area contributed by atoms with Crippen molar-refractivity contribution in [3.05, 3.63) is 70.8 Å². The number of likely N-dealkylation sites (tertiary alicyclic amines) is 1. The van der Waals surface area contributed by atoms with Crippen LogP contribution in [0.1, 0.15) is 39.9 Å². The number of aryl methyl sites for hydroxylation is 1. The molecule has 2 aliphatic rings. The van der Waals surface area contributed by atoms with Gasteiger partial charge >= 0.3 is 0 Å². The molecule has 0 amide bonds. The molecule has 2 aliphatic heterocycles. The van der Waals surface area contributed by atoms with Gasteiger partial charge in [-0.2, -0.15) is 0 Å². The second-order valence-electron chi connectivity index (χ2n) is 7.28. The second-order valence-corrected chi connectivity index (χ2v) is 7.28. The van der Waals surface area contributed by atoms with Crippen LogP contribution >= 0.6 is 0 Å². The molecule has 1 spiro atoms. The van der Waals surface area contributed by atoms with Gasteiger partial charge in [0.25, 0.3) is 0 Å². The van der Waals surface area contributed by atoms with E-state index in [2.05, 4.69) is 11.0 Å². The van der Waals surface area contributed by atoms with Crippen molar-refractivity contribution in [3.8, 4) is 0 Å². The van der Waals surface area contributed by atoms with E-state index in [0.717, 1.165) is 49.2 Å². The average Bonchev–Trinajstić information content (AvgIpc) is 3.12. The largest absolute Gasteiger partial charge is 0.347 e. The van der Waals surface area contributed by atoms with Crippen molar-refractivity contribution in [2.45, 2.75) is 32.1 Å². The van der Waals surface area contributed by atoms with Gasteiger partial charge in [0, 0.05) is 43.6 Å². The maximum atomic E-state index is 12.7. The van der Waals surface area contributed by atoms with Gasteiger partial charge in [-0.05, 0) is 18.6 Å². The normalized spacial score (nSPS) is 19.7. The van der Waals surface area contributed by atoms with Gasteiger partial charge < -0.3 is 9.47 Å². The SMILES string of the molecule is Cc1ccc(C(=O)c2cccc(CN3CCC4(CC3)OCCO4)c2)cc1. The third-order valence-corrected chi connectivity index (χ3v) is 5.34. The first-order chi connectivity index (χ1) is 12.6. The summed E-state index contributed by atoms with van der Waals surface area (Å²) in [5.41, 5.74) is 3.83. The van der Waals surface area contributed by atoms with Crippen LogP contribution in [0.5, 0.6) is 0 Å². The number of benzene rings is 2. The monoisotopic (exact) mass is 351 g/mol. The third kappa shape index (κ3) is 3.73. The molecule has 0 atom stereocenters. The third-order valence-electron chi connectivity index (χ3n) is 5.34. The number of carbonyl (C=O) groups is 1. The Kier molecular flexibility index (Phi) is 4.90. The van der Waals surface area contributed by atoms with Gasteiger partial charge in [0.1, 0.15) is 0 Å². The predicted molar refractivity (Wildman–Crippen MR) is 100 cm³/mol. The minimum absolute atomic E-state index is 0.0807. The summed E-state index contributed by atoms with van der Waals surface area (Å²) in [6, 6.07) is 15.8. The number of hydrogen-bond donors (Lipinski definition) is 0. The van der Waals surface area contributed by atoms with E-state index in [1.54, 1.807) is 0 Å². The smallest absolute Gasteiger partial charge is 0.193 e. The first-order valence-corrected chi connectivity index (χ1v) is 9.34. The van der Waals surface area contributed by atoms with Crippen LogP contribution in [0.2, 0.25) is 0 Å². The van der Waals surface area contributed by atoms with Gasteiger partial charge in [-0.3, -0.25) is 9.69 Å². The molecule has 0 bridgehead atoms. The molecule has 4 rings (SSSR count). The quantitative estimate of drug-likeness (QED) is 0.790. The van der Waals surface area contributed by atoms with Crippen LogP contribution in [0, 0.1) is 6.92 Å². The maximum absolute atomic E-state index is 12.7. The van der Waals surface area contributed by atoms with Crippen molar-refractivity contribution in [1.82, 2.24) is 4.90 Å². The molecule has 26 heavy (non-hydrogen) atoms. The Labute approximate surface area is 154 Å². The van der Waals surface area contributed by atoms with E-state index in [1.807, 2.05) is 49.4 Å². The van der Waals surface area contributed by atoms with E-state index in [1.165, 1.54) is 5.56 Å². The minimum atomic E-state index is -0.334. The van der Waals surface area contributed by atoms with E-state index in [-0.39, 0.29) is 11.6 Å². The molecule has 2 aromatic rings. The summed E-state index contributed by atoms with van der Waals surface area (Å²) in [5.74, 6) is -0.253. The predicted octanol–water partition coefficient (Wildman–Crippen LogP) is 3.56. The molecule has 2 fully saturated rings. The van der Waals surface area contributed by atoms with Crippen LogP contribution in [0.4, 0.5) is 0 Å². The number of hydrogen-bond acceptors (Lipinski definition) is 4. The van der Waals surface area contributed by atoms with E-state index >= 15 is 0 Å². The van der Waals surface area contributed by atoms with E-state index < -0.39 is 0 Å². The zero-order valence-corrected chi connectivity index (χ0v) is 15.2. The molecule has 0 aromatic heterocycles. The lowest BCUT2D eigenvalue weighted by atomic mass is 9.99. The van der Waals surface area contributed by atoms with Crippen LogP contribution in [0.25, 0.3) is 0 Å². The van der Waals surface area contributed by atoms with Crippen LogP contribution in [0.15, 0.2) is 48.5 Å². The summed E-state index contributed by atoms with van der Waals surface area (Å²) in [6.07, 6.45) is 1.82. The molecule has 0 saturated carbocycles. The molecular formula is C22H25NO3. The van der Waals surface area contributed by atoms with Crippen LogP contribution in [0.3, 0.4) is 0 Å². The van der Waals surface area contributed by atoms with Crippen LogP contribution < -0.4 is 0 Å². The Morgan fingerprint density at radius 2 is 1.69 bits per heavy atom. The van der Waals surface area contributed by atoms with Crippen LogP contribution in [-0.4, -0.2) is 42.8 Å². The summed E-state index contributed by atoms with van der Waals surface area (Å²) in [6.45, 7) is 6.21. The lowest BCUT2D eigenvalue weighted by molar-refractivity contribution is -0.185. The fourth-order valence-electron chi connectivity index (χ4n) is 3.78. The zero-order chi connectivity index (χ0) is 18.0. The van der Waals surface area contributed by atoms with E-state index in [9.17, 15) is 4.79 Å². The molecule has 0 N–H and O–H groups in total. The number of ether oxygens (including phenoxy) is 2. The standard InChI is InChI=1S/C22H25NO3/c1-17-5-7-19(8-6-17)21(24)20-4-2-3-18(15-20)16-23-11-9-22(10-12-23)25-13-14-26-22/h2-8,15H,9-14,16H2,1H3. The van der Waals surface area contributed by atoms with E-state index in [4.69, 9.17) is 9.47 Å². The summed E-state index contributed by atoms with van der Waals surface area (Å²) >= 11 is 0. The van der Waals surface area contributed by atoms with Gasteiger partial charge in [-0.1, -0.05) is 48.0 Å². The summed E-state index contributed by atoms with van der Waals surface area (Å²) < 4.78 is 11.6. The van der Waals surface area contributed by atoms with Crippen molar-refractivity contribution in [3.63, 3.8) is 0 Å². The summed E-state index contributed by atoms with van der Waals surface area (Å²) in [5, 5.41) is 0. The van der Waals surface area contributed by atoms with Crippen molar-refractivity contribution >= 4 is 5.78 Å². The Bertz CT molecular complexity index is 768.